The Hall–Kier alpha value is -4.05. The highest BCUT2D eigenvalue weighted by molar-refractivity contribution is 6.36. The first kappa shape index (κ1) is 29.6. The van der Waals surface area contributed by atoms with Crippen LogP contribution in [0, 0.1) is 23.7 Å². The molecule has 0 aromatic heterocycles. The van der Waals surface area contributed by atoms with Gasteiger partial charge in [0.1, 0.15) is 11.5 Å². The van der Waals surface area contributed by atoms with Crippen molar-refractivity contribution in [1.82, 2.24) is 10.3 Å². The van der Waals surface area contributed by atoms with E-state index >= 15 is 4.79 Å². The molecule has 0 unspecified atom stereocenters. The smallest absolute Gasteiger partial charge is 0.260 e. The summed E-state index contributed by atoms with van der Waals surface area (Å²) in [6.07, 6.45) is 2.26. The normalized spacial score (nSPS) is 28.7. The Kier molecular flexibility index (Phi) is 7.11. The van der Waals surface area contributed by atoms with E-state index < -0.39 is 52.7 Å². The fraction of sp³-hybridized carbons (Fsp3) is 0.273. The van der Waals surface area contributed by atoms with Crippen molar-refractivity contribution < 1.29 is 29.0 Å². The van der Waals surface area contributed by atoms with Gasteiger partial charge in [-0.05, 0) is 72.9 Å². The zero-order chi connectivity index (χ0) is 31.8. The number of aromatic hydroxyl groups is 1. The largest absolute Gasteiger partial charge is 0.508 e. The third-order valence-corrected chi connectivity index (χ3v) is 10.5. The number of nitrogens with zero attached hydrogens (tertiary/aromatic N) is 1. The van der Waals surface area contributed by atoms with E-state index in [1.807, 2.05) is 6.08 Å². The van der Waals surface area contributed by atoms with E-state index in [-0.39, 0.29) is 35.2 Å². The average Bonchev–Trinajstić information content (AvgIpc) is 3.43. The summed E-state index contributed by atoms with van der Waals surface area (Å²) in [5.74, 6) is -5.30. The minimum atomic E-state index is -1.59. The maximum atomic E-state index is 15.1. The molecule has 0 bridgehead atoms. The third kappa shape index (κ3) is 4.35. The standard InChI is InChI=1S/C33H26Cl3N3O6/c1-45-18-6-2-15(3-7-18)33-23(31(43)39(32(33)44)38-25-10-4-17(35)13-24(25)36)14-21-19(8-9-20-27(21)30(42)37-29(20)41)28(33)22-12-16(34)5-11-26(22)40/h2-8,10-13,20-21,23,27-28,38,40H,9,14H2,1H3,(H,37,41,42)/t20-,21+,23-,27-,28+,33+/m0/s1. The number of benzene rings is 3. The highest BCUT2D eigenvalue weighted by Crippen LogP contribution is 2.64. The summed E-state index contributed by atoms with van der Waals surface area (Å²) in [4.78, 5) is 55.6. The fourth-order valence-electron chi connectivity index (χ4n) is 7.86. The van der Waals surface area contributed by atoms with Gasteiger partial charge in [0.2, 0.25) is 11.8 Å². The van der Waals surface area contributed by atoms with Crippen molar-refractivity contribution in [1.29, 1.82) is 0 Å². The Morgan fingerprint density at radius 2 is 1.64 bits per heavy atom. The number of anilines is 1. The minimum absolute atomic E-state index is 0.106. The minimum Gasteiger partial charge on any atom is -0.508 e. The van der Waals surface area contributed by atoms with Crippen molar-refractivity contribution in [3.63, 3.8) is 0 Å². The highest BCUT2D eigenvalue weighted by Gasteiger charge is 2.70. The van der Waals surface area contributed by atoms with Gasteiger partial charge < -0.3 is 9.84 Å². The molecule has 230 valence electrons. The number of nitrogens with one attached hydrogen (secondary N) is 2. The highest BCUT2D eigenvalue weighted by atomic mass is 35.5. The molecule has 45 heavy (non-hydrogen) atoms. The first-order valence-corrected chi connectivity index (χ1v) is 15.5. The number of rotatable bonds is 5. The number of carbonyl (C=O) groups is 4. The number of methoxy groups -OCH3 is 1. The first-order valence-electron chi connectivity index (χ1n) is 14.3. The molecule has 2 aliphatic heterocycles. The van der Waals surface area contributed by atoms with Crippen LogP contribution in [0.2, 0.25) is 15.1 Å². The molecule has 3 aromatic rings. The van der Waals surface area contributed by atoms with Gasteiger partial charge in [-0.15, -0.1) is 0 Å². The number of amides is 4. The second-order valence-corrected chi connectivity index (χ2v) is 13.0. The predicted molar refractivity (Wildman–Crippen MR) is 167 cm³/mol. The van der Waals surface area contributed by atoms with Crippen molar-refractivity contribution in [3.8, 4) is 11.5 Å². The van der Waals surface area contributed by atoms with E-state index in [1.165, 1.54) is 25.3 Å². The number of hydrogen-bond acceptors (Lipinski definition) is 7. The van der Waals surface area contributed by atoms with Gasteiger partial charge in [0.15, 0.2) is 0 Å². The third-order valence-electron chi connectivity index (χ3n) is 9.72. The molecule has 2 heterocycles. The van der Waals surface area contributed by atoms with Crippen LogP contribution in [0.5, 0.6) is 11.5 Å². The number of hydrogen-bond donors (Lipinski definition) is 3. The van der Waals surface area contributed by atoms with Crippen LogP contribution in [0.1, 0.15) is 29.9 Å². The van der Waals surface area contributed by atoms with Gasteiger partial charge in [0, 0.05) is 21.5 Å². The summed E-state index contributed by atoms with van der Waals surface area (Å²) in [5, 5.41) is 15.7. The molecule has 7 rings (SSSR count). The van der Waals surface area contributed by atoms with E-state index in [4.69, 9.17) is 39.5 Å². The van der Waals surface area contributed by atoms with Crippen molar-refractivity contribution in [2.45, 2.75) is 24.2 Å². The van der Waals surface area contributed by atoms with Crippen LogP contribution >= 0.6 is 34.8 Å². The lowest BCUT2D eigenvalue weighted by Gasteiger charge is -2.50. The molecule has 2 aliphatic carbocycles. The number of fused-ring (bicyclic) bond motifs is 4. The van der Waals surface area contributed by atoms with Gasteiger partial charge in [-0.2, -0.15) is 5.01 Å². The number of allylic oxidation sites excluding steroid dienone is 2. The summed E-state index contributed by atoms with van der Waals surface area (Å²) in [7, 11) is 1.52. The molecule has 1 saturated carbocycles. The topological polar surface area (TPSA) is 125 Å². The first-order chi connectivity index (χ1) is 21.6. The van der Waals surface area contributed by atoms with Gasteiger partial charge in [-0.25, -0.2) is 0 Å². The lowest BCUT2D eigenvalue weighted by Crippen LogP contribution is -2.53. The number of carbonyl (C=O) groups excluding carboxylic acids is 4. The van der Waals surface area contributed by atoms with Crippen LogP contribution in [-0.4, -0.2) is 40.9 Å². The molecule has 3 aromatic carbocycles. The van der Waals surface area contributed by atoms with Gasteiger partial charge in [0.25, 0.3) is 11.8 Å². The Morgan fingerprint density at radius 1 is 0.933 bits per heavy atom. The number of imide groups is 2. The van der Waals surface area contributed by atoms with E-state index in [2.05, 4.69) is 10.7 Å². The molecular formula is C33H26Cl3N3O6. The zero-order valence-corrected chi connectivity index (χ0v) is 26.0. The van der Waals surface area contributed by atoms with E-state index in [1.54, 1.807) is 42.5 Å². The van der Waals surface area contributed by atoms with Crippen LogP contribution in [0.15, 0.2) is 72.3 Å². The maximum absolute atomic E-state index is 15.1. The van der Waals surface area contributed by atoms with Crippen molar-refractivity contribution in [2.75, 3.05) is 12.5 Å². The molecule has 3 N–H and O–H groups in total. The van der Waals surface area contributed by atoms with E-state index in [0.29, 0.717) is 32.5 Å². The van der Waals surface area contributed by atoms with Crippen molar-refractivity contribution in [2.24, 2.45) is 23.7 Å². The number of phenolic OH excluding ortho intramolecular Hbond substituents is 1. The number of hydrazine groups is 1. The number of ether oxygens (including phenoxy) is 1. The summed E-state index contributed by atoms with van der Waals surface area (Å²) >= 11 is 19.0. The van der Waals surface area contributed by atoms with Crippen LogP contribution in [0.25, 0.3) is 0 Å². The van der Waals surface area contributed by atoms with E-state index in [0.717, 1.165) is 5.01 Å². The average molecular weight is 667 g/mol. The van der Waals surface area contributed by atoms with Gasteiger partial charge in [-0.3, -0.25) is 29.9 Å². The molecule has 4 amide bonds. The molecule has 6 atom stereocenters. The lowest BCUT2D eigenvalue weighted by molar-refractivity contribution is -0.138. The molecule has 3 fully saturated rings. The Bertz CT molecular complexity index is 1830. The van der Waals surface area contributed by atoms with Crippen LogP contribution in [0.3, 0.4) is 0 Å². The quantitative estimate of drug-likeness (QED) is 0.238. The molecular weight excluding hydrogens is 641 g/mol. The SMILES string of the molecule is COc1ccc([C@@]23C(=O)N(Nc4ccc(Cl)cc4Cl)C(=O)[C@@H]2C[C@@H]2C(=CC[C@@H]4C(=O)NC(=O)[C@@H]42)[C@@H]3c2cc(Cl)ccc2O)cc1. The van der Waals surface area contributed by atoms with E-state index in [9.17, 15) is 19.5 Å². The monoisotopic (exact) mass is 665 g/mol. The Balaban J connectivity index is 1.49. The van der Waals surface area contributed by atoms with Crippen LogP contribution in [0.4, 0.5) is 5.69 Å². The fourth-order valence-corrected chi connectivity index (χ4v) is 8.49. The van der Waals surface area contributed by atoms with Crippen LogP contribution in [-0.2, 0) is 24.6 Å². The molecule has 0 spiro atoms. The summed E-state index contributed by atoms with van der Waals surface area (Å²) < 4.78 is 5.39. The lowest BCUT2D eigenvalue weighted by atomic mass is 9.49. The van der Waals surface area contributed by atoms with Crippen molar-refractivity contribution in [3.05, 3.63) is 98.5 Å². The molecule has 9 nitrogen and oxygen atoms in total. The summed E-state index contributed by atoms with van der Waals surface area (Å²) in [5.41, 5.74) is 3.15. The molecule has 4 aliphatic rings. The predicted octanol–water partition coefficient (Wildman–Crippen LogP) is 5.63. The summed E-state index contributed by atoms with van der Waals surface area (Å²) in [6.45, 7) is 0. The number of phenols is 1. The Morgan fingerprint density at radius 3 is 2.36 bits per heavy atom. The number of halogens is 3. The second kappa shape index (κ2) is 10.8. The van der Waals surface area contributed by atoms with Crippen molar-refractivity contribution >= 4 is 64.1 Å². The zero-order valence-electron chi connectivity index (χ0n) is 23.7. The van der Waals surface area contributed by atoms with Gasteiger partial charge in [-0.1, -0.05) is 58.6 Å². The molecule has 2 saturated heterocycles. The van der Waals surface area contributed by atoms with Gasteiger partial charge in [0.05, 0.1) is 41.0 Å². The Labute approximate surface area is 273 Å². The maximum Gasteiger partial charge on any atom is 0.260 e. The van der Waals surface area contributed by atoms with Gasteiger partial charge >= 0.3 is 0 Å². The molecule has 0 radical (unpaired) electrons. The molecule has 12 heteroatoms. The second-order valence-electron chi connectivity index (χ2n) is 11.8. The van der Waals surface area contributed by atoms with Crippen LogP contribution < -0.4 is 15.5 Å². The summed E-state index contributed by atoms with van der Waals surface area (Å²) in [6, 6.07) is 16.1.